The number of rotatable bonds is 6. The maximum atomic E-state index is 11.8. The second-order valence-corrected chi connectivity index (χ2v) is 4.47. The Hall–Kier alpha value is -1.78. The molecule has 0 spiro atoms. The molecule has 1 aromatic rings. The van der Waals surface area contributed by atoms with Crippen molar-refractivity contribution in [2.75, 3.05) is 17.2 Å². The van der Waals surface area contributed by atoms with E-state index in [0.717, 1.165) is 12.4 Å². The van der Waals surface area contributed by atoms with Gasteiger partial charge in [-0.15, -0.1) is 0 Å². The van der Waals surface area contributed by atoms with Gasteiger partial charge in [0, 0.05) is 12.6 Å². The zero-order chi connectivity index (χ0) is 13.5. The predicted octanol–water partition coefficient (Wildman–Crippen LogP) is 1.84. The van der Waals surface area contributed by atoms with Gasteiger partial charge in [-0.25, -0.2) is 4.98 Å². The molecule has 0 radical (unpaired) electrons. The molecule has 0 saturated heterocycles. The Morgan fingerprint density at radius 3 is 2.56 bits per heavy atom. The molecule has 0 saturated carbocycles. The lowest BCUT2D eigenvalue weighted by Crippen LogP contribution is -2.41. The number of nitrogens with zero attached hydrogens (tertiary/aromatic N) is 1. The number of anilines is 2. The first kappa shape index (κ1) is 14.3. The van der Waals surface area contributed by atoms with Crippen molar-refractivity contribution in [2.45, 2.75) is 39.8 Å². The van der Waals surface area contributed by atoms with E-state index in [4.69, 9.17) is 0 Å². The third-order valence-corrected chi connectivity index (χ3v) is 2.30. The summed E-state index contributed by atoms with van der Waals surface area (Å²) in [7, 11) is 0. The Balaban J connectivity index is 2.60. The molecule has 3 N–H and O–H groups in total. The van der Waals surface area contributed by atoms with Gasteiger partial charge in [0.25, 0.3) is 0 Å². The lowest BCUT2D eigenvalue weighted by atomic mass is 10.2. The maximum absolute atomic E-state index is 11.8. The van der Waals surface area contributed by atoms with Crippen LogP contribution in [0.5, 0.6) is 0 Å². The van der Waals surface area contributed by atoms with Crippen LogP contribution in [-0.2, 0) is 4.79 Å². The molecular weight excluding hydrogens is 228 g/mol. The largest absolute Gasteiger partial charge is 0.370 e. The molecule has 18 heavy (non-hydrogen) atoms. The highest BCUT2D eigenvalue weighted by atomic mass is 16.2. The maximum Gasteiger partial charge on any atom is 0.242 e. The van der Waals surface area contributed by atoms with E-state index >= 15 is 0 Å². The second-order valence-electron chi connectivity index (χ2n) is 4.47. The molecule has 0 aliphatic heterocycles. The standard InChI is InChI=1S/C13H22N4O/c1-5-14-11-7-6-8-12(17-11)16-10(4)13(18)15-9(2)3/h6-10H,5H2,1-4H3,(H,15,18)(H2,14,16,17). The summed E-state index contributed by atoms with van der Waals surface area (Å²) in [5.74, 6) is 1.47. The van der Waals surface area contributed by atoms with Crippen molar-refractivity contribution in [1.82, 2.24) is 10.3 Å². The Bertz CT molecular complexity index is 392. The predicted molar refractivity (Wildman–Crippen MR) is 74.8 cm³/mol. The summed E-state index contributed by atoms with van der Waals surface area (Å²) in [6, 6.07) is 5.48. The van der Waals surface area contributed by atoms with Crippen LogP contribution >= 0.6 is 0 Å². The monoisotopic (exact) mass is 250 g/mol. The van der Waals surface area contributed by atoms with Gasteiger partial charge in [-0.3, -0.25) is 4.79 Å². The third kappa shape index (κ3) is 4.61. The summed E-state index contributed by atoms with van der Waals surface area (Å²) in [5.41, 5.74) is 0. The topological polar surface area (TPSA) is 66.0 Å². The lowest BCUT2D eigenvalue weighted by Gasteiger charge is -2.16. The lowest BCUT2D eigenvalue weighted by molar-refractivity contribution is -0.122. The molecule has 0 aliphatic carbocycles. The van der Waals surface area contributed by atoms with Crippen molar-refractivity contribution in [3.05, 3.63) is 18.2 Å². The van der Waals surface area contributed by atoms with Crippen molar-refractivity contribution in [2.24, 2.45) is 0 Å². The van der Waals surface area contributed by atoms with Crippen molar-refractivity contribution in [1.29, 1.82) is 0 Å². The summed E-state index contributed by atoms with van der Waals surface area (Å²) in [6.07, 6.45) is 0. The number of hydrogen-bond acceptors (Lipinski definition) is 4. The van der Waals surface area contributed by atoms with Crippen LogP contribution in [0.15, 0.2) is 18.2 Å². The first-order valence-electron chi connectivity index (χ1n) is 6.30. The summed E-state index contributed by atoms with van der Waals surface area (Å²) in [4.78, 5) is 16.1. The van der Waals surface area contributed by atoms with Crippen molar-refractivity contribution >= 4 is 17.5 Å². The smallest absolute Gasteiger partial charge is 0.242 e. The van der Waals surface area contributed by atoms with Crippen LogP contribution < -0.4 is 16.0 Å². The van der Waals surface area contributed by atoms with E-state index in [1.165, 1.54) is 0 Å². The van der Waals surface area contributed by atoms with Crippen LogP contribution in [0.4, 0.5) is 11.6 Å². The van der Waals surface area contributed by atoms with Gasteiger partial charge in [0.1, 0.15) is 17.7 Å². The summed E-state index contributed by atoms with van der Waals surface area (Å²) in [5, 5.41) is 9.07. The number of amides is 1. The van der Waals surface area contributed by atoms with Crippen LogP contribution in [0.25, 0.3) is 0 Å². The van der Waals surface area contributed by atoms with Crippen molar-refractivity contribution < 1.29 is 4.79 Å². The van der Waals surface area contributed by atoms with E-state index in [1.54, 1.807) is 0 Å². The first-order chi connectivity index (χ1) is 8.52. The van der Waals surface area contributed by atoms with E-state index in [9.17, 15) is 4.79 Å². The summed E-state index contributed by atoms with van der Waals surface area (Å²) < 4.78 is 0. The number of aromatic nitrogens is 1. The number of carbonyl (C=O) groups excluding carboxylic acids is 1. The van der Waals surface area contributed by atoms with Gasteiger partial charge < -0.3 is 16.0 Å². The van der Waals surface area contributed by atoms with Crippen LogP contribution in [0.1, 0.15) is 27.7 Å². The average molecular weight is 250 g/mol. The van der Waals surface area contributed by atoms with Crippen LogP contribution in [0.2, 0.25) is 0 Å². The summed E-state index contributed by atoms with van der Waals surface area (Å²) in [6.45, 7) is 8.53. The molecular formula is C13H22N4O. The minimum atomic E-state index is -0.309. The molecule has 1 unspecified atom stereocenters. The van der Waals surface area contributed by atoms with Crippen LogP contribution in [0, 0.1) is 0 Å². The number of carbonyl (C=O) groups is 1. The first-order valence-corrected chi connectivity index (χ1v) is 6.30. The molecule has 100 valence electrons. The molecule has 1 atom stereocenters. The molecule has 0 aromatic carbocycles. The normalized spacial score (nSPS) is 12.1. The highest BCUT2D eigenvalue weighted by molar-refractivity contribution is 5.84. The van der Waals surface area contributed by atoms with Gasteiger partial charge in [0.2, 0.25) is 5.91 Å². The van der Waals surface area contributed by atoms with Gasteiger partial charge in [-0.2, -0.15) is 0 Å². The minimum Gasteiger partial charge on any atom is -0.370 e. The van der Waals surface area contributed by atoms with Crippen LogP contribution in [-0.4, -0.2) is 29.5 Å². The van der Waals surface area contributed by atoms with Gasteiger partial charge >= 0.3 is 0 Å². The molecule has 5 nitrogen and oxygen atoms in total. The Kier molecular flexibility index (Phi) is 5.42. The minimum absolute atomic E-state index is 0.0272. The number of nitrogens with one attached hydrogen (secondary N) is 3. The highest BCUT2D eigenvalue weighted by Crippen LogP contribution is 2.10. The quantitative estimate of drug-likeness (QED) is 0.720. The molecule has 1 heterocycles. The van der Waals surface area contributed by atoms with E-state index in [-0.39, 0.29) is 18.0 Å². The highest BCUT2D eigenvalue weighted by Gasteiger charge is 2.13. The third-order valence-electron chi connectivity index (χ3n) is 2.30. The fourth-order valence-corrected chi connectivity index (χ4v) is 1.49. The van der Waals surface area contributed by atoms with Gasteiger partial charge in [-0.1, -0.05) is 6.07 Å². The molecule has 1 aromatic heterocycles. The zero-order valence-corrected chi connectivity index (χ0v) is 11.4. The Labute approximate surface area is 108 Å². The van der Waals surface area contributed by atoms with E-state index in [2.05, 4.69) is 20.9 Å². The SMILES string of the molecule is CCNc1cccc(NC(C)C(=O)NC(C)C)n1. The van der Waals surface area contributed by atoms with Gasteiger partial charge in [0.15, 0.2) is 0 Å². The van der Waals surface area contributed by atoms with Crippen molar-refractivity contribution in [3.63, 3.8) is 0 Å². The molecule has 1 rings (SSSR count). The zero-order valence-electron chi connectivity index (χ0n) is 11.4. The van der Waals surface area contributed by atoms with E-state index in [1.807, 2.05) is 45.9 Å². The Morgan fingerprint density at radius 2 is 1.94 bits per heavy atom. The number of pyridine rings is 1. The molecule has 1 amide bonds. The van der Waals surface area contributed by atoms with E-state index < -0.39 is 0 Å². The average Bonchev–Trinajstić information content (AvgIpc) is 2.29. The van der Waals surface area contributed by atoms with E-state index in [0.29, 0.717) is 5.82 Å². The fourth-order valence-electron chi connectivity index (χ4n) is 1.49. The van der Waals surface area contributed by atoms with Gasteiger partial charge in [0.05, 0.1) is 0 Å². The Morgan fingerprint density at radius 1 is 1.28 bits per heavy atom. The molecule has 0 fully saturated rings. The second kappa shape index (κ2) is 6.83. The molecule has 0 aliphatic rings. The van der Waals surface area contributed by atoms with Gasteiger partial charge in [-0.05, 0) is 39.8 Å². The number of hydrogen-bond donors (Lipinski definition) is 3. The van der Waals surface area contributed by atoms with Crippen molar-refractivity contribution in [3.8, 4) is 0 Å². The summed E-state index contributed by atoms with van der Waals surface area (Å²) >= 11 is 0. The molecule has 0 bridgehead atoms. The molecule has 5 heteroatoms. The fraction of sp³-hybridized carbons (Fsp3) is 0.538. The van der Waals surface area contributed by atoms with Crippen LogP contribution in [0.3, 0.4) is 0 Å².